The smallest absolute Gasteiger partial charge is 0.220 e. The monoisotopic (exact) mass is 186 g/mol. The Kier molecular flexibility index (Phi) is 4.99. The van der Waals surface area contributed by atoms with E-state index in [4.69, 9.17) is 5.73 Å². The van der Waals surface area contributed by atoms with Gasteiger partial charge in [-0.1, -0.05) is 13.8 Å². The molecule has 0 unspecified atom stereocenters. The number of nitrogens with one attached hydrogen (secondary N) is 1. The van der Waals surface area contributed by atoms with Gasteiger partial charge in [0.05, 0.1) is 0 Å². The highest BCUT2D eigenvalue weighted by molar-refractivity contribution is 5.76. The van der Waals surface area contributed by atoms with Crippen molar-refractivity contribution in [1.29, 1.82) is 0 Å². The van der Waals surface area contributed by atoms with Gasteiger partial charge in [-0.2, -0.15) is 0 Å². The summed E-state index contributed by atoms with van der Waals surface area (Å²) in [6, 6.07) is 0. The summed E-state index contributed by atoms with van der Waals surface area (Å²) in [4.78, 5) is 11.4. The summed E-state index contributed by atoms with van der Waals surface area (Å²) >= 11 is 0. The largest absolute Gasteiger partial charge is 0.350 e. The van der Waals surface area contributed by atoms with E-state index in [-0.39, 0.29) is 11.4 Å². The maximum Gasteiger partial charge on any atom is 0.220 e. The fourth-order valence-corrected chi connectivity index (χ4v) is 0.911. The highest BCUT2D eigenvalue weighted by atomic mass is 16.1. The lowest BCUT2D eigenvalue weighted by atomic mass is 10.0. The molecule has 0 rings (SSSR count). The predicted octanol–water partition coefficient (Wildman–Crippen LogP) is 1.28. The maximum absolute atomic E-state index is 11.4. The molecule has 3 nitrogen and oxygen atoms in total. The first-order valence-corrected chi connectivity index (χ1v) is 4.88. The number of carbonyl (C=O) groups is 1. The van der Waals surface area contributed by atoms with Crippen molar-refractivity contribution < 1.29 is 4.79 Å². The number of amides is 1. The number of carbonyl (C=O) groups excluding carboxylic acids is 1. The van der Waals surface area contributed by atoms with Gasteiger partial charge in [0.15, 0.2) is 0 Å². The second-order valence-electron chi connectivity index (χ2n) is 4.57. The number of rotatable bonds is 5. The highest BCUT2D eigenvalue weighted by Crippen LogP contribution is 2.05. The molecule has 0 atom stereocenters. The summed E-state index contributed by atoms with van der Waals surface area (Å²) in [7, 11) is 0. The lowest BCUT2D eigenvalue weighted by Crippen LogP contribution is -2.48. The van der Waals surface area contributed by atoms with Crippen LogP contribution in [-0.2, 0) is 4.79 Å². The summed E-state index contributed by atoms with van der Waals surface area (Å²) in [5, 5.41) is 2.90. The van der Waals surface area contributed by atoms with Gasteiger partial charge in [-0.15, -0.1) is 0 Å². The van der Waals surface area contributed by atoms with Gasteiger partial charge < -0.3 is 11.1 Å². The first-order valence-electron chi connectivity index (χ1n) is 4.88. The Morgan fingerprint density at radius 3 is 2.38 bits per heavy atom. The fraction of sp³-hybridized carbons (Fsp3) is 0.900. The van der Waals surface area contributed by atoms with Crippen LogP contribution in [0.1, 0.15) is 40.5 Å². The molecule has 0 spiro atoms. The van der Waals surface area contributed by atoms with Gasteiger partial charge in [-0.3, -0.25) is 4.79 Å². The first-order chi connectivity index (χ1) is 5.87. The van der Waals surface area contributed by atoms with Gasteiger partial charge in [-0.05, 0) is 26.2 Å². The van der Waals surface area contributed by atoms with Crippen LogP contribution in [0.3, 0.4) is 0 Å². The molecule has 3 N–H and O–H groups in total. The molecular formula is C10H22N2O. The van der Waals surface area contributed by atoms with Crippen LogP contribution in [0.2, 0.25) is 0 Å². The molecule has 0 saturated heterocycles. The van der Waals surface area contributed by atoms with Crippen molar-refractivity contribution in [2.75, 3.05) is 6.54 Å². The van der Waals surface area contributed by atoms with Crippen LogP contribution in [0, 0.1) is 5.92 Å². The maximum atomic E-state index is 11.4. The van der Waals surface area contributed by atoms with Gasteiger partial charge in [0.2, 0.25) is 5.91 Å². The summed E-state index contributed by atoms with van der Waals surface area (Å²) in [5.74, 6) is 0.677. The molecule has 3 heteroatoms. The molecule has 0 radical (unpaired) electrons. The van der Waals surface area contributed by atoms with Crippen LogP contribution in [0.15, 0.2) is 0 Å². The van der Waals surface area contributed by atoms with E-state index >= 15 is 0 Å². The van der Waals surface area contributed by atoms with Gasteiger partial charge >= 0.3 is 0 Å². The molecule has 0 fully saturated rings. The van der Waals surface area contributed by atoms with E-state index in [1.165, 1.54) is 0 Å². The summed E-state index contributed by atoms with van der Waals surface area (Å²) < 4.78 is 0. The Balaban J connectivity index is 3.74. The van der Waals surface area contributed by atoms with Crippen LogP contribution in [0.4, 0.5) is 0 Å². The average Bonchev–Trinajstić information content (AvgIpc) is 2.00. The minimum atomic E-state index is -0.270. The van der Waals surface area contributed by atoms with Crippen molar-refractivity contribution >= 4 is 5.91 Å². The van der Waals surface area contributed by atoms with Crippen molar-refractivity contribution in [2.24, 2.45) is 11.7 Å². The van der Waals surface area contributed by atoms with E-state index in [1.54, 1.807) is 0 Å². The van der Waals surface area contributed by atoms with Crippen molar-refractivity contribution in [3.8, 4) is 0 Å². The van der Waals surface area contributed by atoms with E-state index in [1.807, 2.05) is 13.8 Å². The van der Waals surface area contributed by atoms with Crippen molar-refractivity contribution in [3.63, 3.8) is 0 Å². The summed E-state index contributed by atoms with van der Waals surface area (Å²) in [6.45, 7) is 8.56. The lowest BCUT2D eigenvalue weighted by molar-refractivity contribution is -0.122. The molecule has 0 aliphatic rings. The van der Waals surface area contributed by atoms with E-state index in [0.717, 1.165) is 6.42 Å². The molecule has 0 bridgehead atoms. The zero-order chi connectivity index (χ0) is 10.5. The van der Waals surface area contributed by atoms with Gasteiger partial charge in [-0.25, -0.2) is 0 Å². The van der Waals surface area contributed by atoms with Crippen LogP contribution >= 0.6 is 0 Å². The van der Waals surface area contributed by atoms with Crippen LogP contribution in [-0.4, -0.2) is 18.0 Å². The third-order valence-corrected chi connectivity index (χ3v) is 1.94. The summed E-state index contributed by atoms with van der Waals surface area (Å²) in [6.07, 6.45) is 1.54. The molecular weight excluding hydrogens is 164 g/mol. The van der Waals surface area contributed by atoms with E-state index in [0.29, 0.717) is 18.9 Å². The molecule has 0 aromatic heterocycles. The Hall–Kier alpha value is -0.570. The molecule has 0 aliphatic heterocycles. The molecule has 0 saturated carbocycles. The van der Waals surface area contributed by atoms with Crippen LogP contribution in [0.25, 0.3) is 0 Å². The van der Waals surface area contributed by atoms with Crippen LogP contribution in [0.5, 0.6) is 0 Å². The molecule has 78 valence electrons. The molecule has 0 aromatic carbocycles. The van der Waals surface area contributed by atoms with E-state index in [9.17, 15) is 4.79 Å². The SMILES string of the molecule is CC(C)CCC(=O)NC(C)(C)CN. The van der Waals surface area contributed by atoms with Crippen molar-refractivity contribution in [1.82, 2.24) is 5.32 Å². The van der Waals surface area contributed by atoms with Crippen molar-refractivity contribution in [3.05, 3.63) is 0 Å². The number of nitrogens with two attached hydrogens (primary N) is 1. The average molecular weight is 186 g/mol. The van der Waals surface area contributed by atoms with E-state index < -0.39 is 0 Å². The van der Waals surface area contributed by atoms with Crippen molar-refractivity contribution in [2.45, 2.75) is 46.1 Å². The minimum absolute atomic E-state index is 0.101. The Morgan fingerprint density at radius 1 is 1.46 bits per heavy atom. The predicted molar refractivity (Wildman–Crippen MR) is 55.3 cm³/mol. The molecule has 0 aromatic rings. The highest BCUT2D eigenvalue weighted by Gasteiger charge is 2.17. The number of hydrogen-bond donors (Lipinski definition) is 2. The van der Waals surface area contributed by atoms with Crippen LogP contribution < -0.4 is 11.1 Å². The van der Waals surface area contributed by atoms with E-state index in [2.05, 4.69) is 19.2 Å². The third-order valence-electron chi connectivity index (χ3n) is 1.94. The third kappa shape index (κ3) is 6.58. The topological polar surface area (TPSA) is 55.1 Å². The molecule has 0 aliphatic carbocycles. The van der Waals surface area contributed by atoms with Gasteiger partial charge in [0.25, 0.3) is 0 Å². The Bertz CT molecular complexity index is 164. The lowest BCUT2D eigenvalue weighted by Gasteiger charge is -2.24. The Morgan fingerprint density at radius 2 is 2.00 bits per heavy atom. The van der Waals surface area contributed by atoms with Gasteiger partial charge in [0, 0.05) is 18.5 Å². The quantitative estimate of drug-likeness (QED) is 0.679. The molecule has 0 heterocycles. The Labute approximate surface area is 81.1 Å². The minimum Gasteiger partial charge on any atom is -0.350 e. The van der Waals surface area contributed by atoms with Gasteiger partial charge in [0.1, 0.15) is 0 Å². The second kappa shape index (κ2) is 5.22. The fourth-order valence-electron chi connectivity index (χ4n) is 0.911. The normalized spacial score (nSPS) is 11.8. The second-order valence-corrected chi connectivity index (χ2v) is 4.57. The summed E-state index contributed by atoms with van der Waals surface area (Å²) in [5.41, 5.74) is 5.23. The zero-order valence-corrected chi connectivity index (χ0v) is 9.18. The molecule has 1 amide bonds. The first kappa shape index (κ1) is 12.4. The number of hydrogen-bond acceptors (Lipinski definition) is 2. The molecule has 13 heavy (non-hydrogen) atoms. The zero-order valence-electron chi connectivity index (χ0n) is 9.18. The standard InChI is InChI=1S/C10H22N2O/c1-8(2)5-6-9(13)12-10(3,4)7-11/h8H,5-7,11H2,1-4H3,(H,12,13).